The van der Waals surface area contributed by atoms with Crippen molar-refractivity contribution in [2.75, 3.05) is 6.26 Å². The first-order valence-corrected chi connectivity index (χ1v) is 5.63. The van der Waals surface area contributed by atoms with E-state index in [1.54, 1.807) is 0 Å². The van der Waals surface area contributed by atoms with Crippen LogP contribution in [0.2, 0.25) is 0 Å². The van der Waals surface area contributed by atoms with E-state index in [2.05, 4.69) is 37.5 Å². The van der Waals surface area contributed by atoms with E-state index in [4.69, 9.17) is 0 Å². The lowest BCUT2D eigenvalue weighted by atomic mass is 10.2. The molecule has 0 fully saturated rings. The highest BCUT2D eigenvalue weighted by molar-refractivity contribution is 7.97. The monoisotopic (exact) mass is 184 g/mol. The van der Waals surface area contributed by atoms with Crippen molar-refractivity contribution in [2.45, 2.75) is 26.1 Å². The molecular weight excluding hydrogens is 168 g/mol. The molecular formula is C9H16N2S. The van der Waals surface area contributed by atoms with Crippen LogP contribution in [0.25, 0.3) is 0 Å². The molecule has 1 aromatic rings. The predicted molar refractivity (Wildman–Crippen MR) is 54.3 cm³/mol. The quantitative estimate of drug-likeness (QED) is 0.715. The van der Waals surface area contributed by atoms with Gasteiger partial charge in [0.1, 0.15) is 0 Å². The molecule has 0 aliphatic rings. The van der Waals surface area contributed by atoms with Crippen molar-refractivity contribution in [3.05, 3.63) is 18.0 Å². The molecule has 0 radical (unpaired) electrons. The molecule has 0 atom stereocenters. The highest BCUT2D eigenvalue weighted by atomic mass is 32.2. The maximum absolute atomic E-state index is 4.44. The van der Waals surface area contributed by atoms with E-state index in [-0.39, 0.29) is 0 Å². The van der Waals surface area contributed by atoms with E-state index < -0.39 is 0 Å². The molecule has 0 aliphatic carbocycles. The van der Waals surface area contributed by atoms with Crippen LogP contribution in [0.15, 0.2) is 12.3 Å². The highest BCUT2D eigenvalue weighted by Crippen LogP contribution is 2.06. The minimum atomic E-state index is 0.673. The van der Waals surface area contributed by atoms with Gasteiger partial charge in [-0.15, -0.1) is 0 Å². The van der Waals surface area contributed by atoms with Gasteiger partial charge in [0.05, 0.1) is 5.69 Å². The first-order valence-electron chi connectivity index (χ1n) is 4.23. The Bertz CT molecular complexity index is 230. The fourth-order valence-corrected chi connectivity index (χ4v) is 1.55. The van der Waals surface area contributed by atoms with Crippen molar-refractivity contribution in [3.8, 4) is 0 Å². The van der Waals surface area contributed by atoms with Gasteiger partial charge in [-0.25, -0.2) is 0 Å². The first-order chi connectivity index (χ1) is 5.72. The van der Waals surface area contributed by atoms with Gasteiger partial charge < -0.3 is 0 Å². The van der Waals surface area contributed by atoms with Gasteiger partial charge in [-0.1, -0.05) is 13.8 Å². The summed E-state index contributed by atoms with van der Waals surface area (Å²) in [6, 6.07) is 2.10. The van der Waals surface area contributed by atoms with E-state index in [1.165, 1.54) is 5.69 Å². The van der Waals surface area contributed by atoms with E-state index >= 15 is 0 Å². The Morgan fingerprint density at radius 2 is 2.33 bits per heavy atom. The highest BCUT2D eigenvalue weighted by Gasteiger charge is 1.99. The van der Waals surface area contributed by atoms with E-state index in [1.807, 2.05) is 16.4 Å². The molecule has 1 heterocycles. The number of thioether (sulfide) groups is 1. The van der Waals surface area contributed by atoms with Crippen LogP contribution >= 0.6 is 11.8 Å². The second kappa shape index (κ2) is 4.55. The van der Waals surface area contributed by atoms with Gasteiger partial charge in [-0.3, -0.25) is 4.68 Å². The largest absolute Gasteiger partial charge is 0.272 e. The number of hydrogen-bond acceptors (Lipinski definition) is 2. The maximum Gasteiger partial charge on any atom is 0.0723 e. The van der Waals surface area contributed by atoms with Crippen LogP contribution in [-0.2, 0) is 12.3 Å². The molecule has 0 bridgehead atoms. The van der Waals surface area contributed by atoms with E-state index in [0.29, 0.717) is 5.92 Å². The second-order valence-corrected chi connectivity index (χ2v) is 4.22. The molecule has 0 aliphatic heterocycles. The third kappa shape index (κ3) is 2.89. The Kier molecular flexibility index (Phi) is 3.66. The molecule has 12 heavy (non-hydrogen) atoms. The Hall–Kier alpha value is -0.440. The molecule has 0 spiro atoms. The summed E-state index contributed by atoms with van der Waals surface area (Å²) >= 11 is 1.81. The lowest BCUT2D eigenvalue weighted by Gasteiger charge is -2.03. The Morgan fingerprint density at radius 3 is 2.92 bits per heavy atom. The van der Waals surface area contributed by atoms with Crippen LogP contribution in [0.1, 0.15) is 19.5 Å². The average molecular weight is 184 g/mol. The van der Waals surface area contributed by atoms with Crippen molar-refractivity contribution in [3.63, 3.8) is 0 Å². The minimum Gasteiger partial charge on any atom is -0.272 e. The van der Waals surface area contributed by atoms with Gasteiger partial charge in [-0.2, -0.15) is 16.9 Å². The molecule has 0 unspecified atom stereocenters. The third-order valence-corrected chi connectivity index (χ3v) is 2.12. The van der Waals surface area contributed by atoms with Crippen molar-refractivity contribution >= 4 is 11.8 Å². The first kappa shape index (κ1) is 9.65. The standard InChI is InChI=1S/C9H16N2S/c1-8(2)6-11-5-4-9(10-11)7-12-3/h4-5,8H,6-7H2,1-3H3. The lowest BCUT2D eigenvalue weighted by molar-refractivity contribution is 0.481. The summed E-state index contributed by atoms with van der Waals surface area (Å²) in [7, 11) is 0. The Labute approximate surface area is 78.4 Å². The molecule has 68 valence electrons. The Morgan fingerprint density at radius 1 is 1.58 bits per heavy atom. The maximum atomic E-state index is 4.44. The molecule has 0 aromatic carbocycles. The minimum absolute atomic E-state index is 0.673. The second-order valence-electron chi connectivity index (χ2n) is 3.36. The summed E-state index contributed by atoms with van der Waals surface area (Å²) in [5.41, 5.74) is 1.18. The molecule has 2 nitrogen and oxygen atoms in total. The van der Waals surface area contributed by atoms with Crippen LogP contribution in [-0.4, -0.2) is 16.0 Å². The Balaban J connectivity index is 2.52. The zero-order valence-electron chi connectivity index (χ0n) is 7.95. The summed E-state index contributed by atoms with van der Waals surface area (Å²) in [6.45, 7) is 5.43. The zero-order chi connectivity index (χ0) is 8.97. The van der Waals surface area contributed by atoms with Crippen LogP contribution in [0.4, 0.5) is 0 Å². The smallest absolute Gasteiger partial charge is 0.0723 e. The zero-order valence-corrected chi connectivity index (χ0v) is 8.77. The number of hydrogen-bond donors (Lipinski definition) is 0. The topological polar surface area (TPSA) is 17.8 Å². The van der Waals surface area contributed by atoms with Crippen molar-refractivity contribution < 1.29 is 0 Å². The van der Waals surface area contributed by atoms with Crippen LogP contribution < -0.4 is 0 Å². The summed E-state index contributed by atoms with van der Waals surface area (Å²) < 4.78 is 2.02. The fraction of sp³-hybridized carbons (Fsp3) is 0.667. The van der Waals surface area contributed by atoms with Gasteiger partial charge in [0, 0.05) is 18.5 Å². The summed E-state index contributed by atoms with van der Waals surface area (Å²) in [4.78, 5) is 0. The summed E-state index contributed by atoms with van der Waals surface area (Å²) in [6.07, 6.45) is 4.16. The molecule has 3 heteroatoms. The van der Waals surface area contributed by atoms with Crippen LogP contribution in [0, 0.1) is 5.92 Å². The number of aromatic nitrogens is 2. The van der Waals surface area contributed by atoms with E-state index in [9.17, 15) is 0 Å². The third-order valence-electron chi connectivity index (χ3n) is 1.54. The molecule has 0 N–H and O–H groups in total. The average Bonchev–Trinajstić information content (AvgIpc) is 2.36. The van der Waals surface area contributed by atoms with E-state index in [0.717, 1.165) is 12.3 Å². The van der Waals surface area contributed by atoms with Gasteiger partial charge in [0.2, 0.25) is 0 Å². The molecule has 0 saturated carbocycles. The van der Waals surface area contributed by atoms with Crippen LogP contribution in [0.5, 0.6) is 0 Å². The molecule has 1 rings (SSSR count). The van der Waals surface area contributed by atoms with Crippen LogP contribution in [0.3, 0.4) is 0 Å². The number of nitrogens with zero attached hydrogens (tertiary/aromatic N) is 2. The van der Waals surface area contributed by atoms with Crippen molar-refractivity contribution in [1.82, 2.24) is 9.78 Å². The molecule has 0 amide bonds. The van der Waals surface area contributed by atoms with Gasteiger partial charge in [0.25, 0.3) is 0 Å². The summed E-state index contributed by atoms with van der Waals surface area (Å²) in [5.74, 6) is 1.69. The lowest BCUT2D eigenvalue weighted by Crippen LogP contribution is -2.04. The molecule has 0 saturated heterocycles. The van der Waals surface area contributed by atoms with Gasteiger partial charge in [-0.05, 0) is 18.2 Å². The SMILES string of the molecule is CSCc1ccn(CC(C)C)n1. The summed E-state index contributed by atoms with van der Waals surface area (Å²) in [5, 5.41) is 4.44. The van der Waals surface area contributed by atoms with Crippen molar-refractivity contribution in [1.29, 1.82) is 0 Å². The van der Waals surface area contributed by atoms with Crippen molar-refractivity contribution in [2.24, 2.45) is 5.92 Å². The predicted octanol–water partition coefficient (Wildman–Crippen LogP) is 2.40. The molecule has 1 aromatic heterocycles. The normalized spacial score (nSPS) is 11.0. The van der Waals surface area contributed by atoms with Gasteiger partial charge >= 0.3 is 0 Å². The fourth-order valence-electron chi connectivity index (χ4n) is 1.10. The van der Waals surface area contributed by atoms with Gasteiger partial charge in [0.15, 0.2) is 0 Å². The number of rotatable bonds is 4.